The molecule has 104 valence electrons. The molecule has 1 unspecified atom stereocenters. The summed E-state index contributed by atoms with van der Waals surface area (Å²) in [5.74, 6) is -0.929. The van der Waals surface area contributed by atoms with Crippen LogP contribution in [0.3, 0.4) is 0 Å². The van der Waals surface area contributed by atoms with Crippen LogP contribution in [0.2, 0.25) is 5.02 Å². The second kappa shape index (κ2) is 7.63. The van der Waals surface area contributed by atoms with Gasteiger partial charge in [-0.05, 0) is 24.6 Å². The Balaban J connectivity index is 2.54. The number of halogens is 1. The Bertz CT molecular complexity index is 451. The standard InChI is InChI=1S/C13H17ClN2O3/c1-2-4-10(8-12(17)18)15-13(19)16-11-6-3-5-9(14)7-11/h3,5-7,10H,2,4,8H2,1H3,(H,17,18)(H2,15,16,19). The fourth-order valence-corrected chi connectivity index (χ4v) is 1.89. The van der Waals surface area contributed by atoms with Crippen LogP contribution in [0, 0.1) is 0 Å². The molecule has 5 nitrogen and oxygen atoms in total. The first-order chi connectivity index (χ1) is 9.01. The van der Waals surface area contributed by atoms with Crippen molar-refractivity contribution < 1.29 is 14.7 Å². The number of anilines is 1. The lowest BCUT2D eigenvalue weighted by Gasteiger charge is -2.16. The number of benzene rings is 1. The molecule has 0 aliphatic carbocycles. The predicted octanol–water partition coefficient (Wildman–Crippen LogP) is 3.10. The maximum atomic E-state index is 11.7. The molecular weight excluding hydrogens is 268 g/mol. The van der Waals surface area contributed by atoms with E-state index < -0.39 is 12.0 Å². The van der Waals surface area contributed by atoms with Gasteiger partial charge in [0.05, 0.1) is 6.42 Å². The van der Waals surface area contributed by atoms with E-state index >= 15 is 0 Å². The molecule has 3 N–H and O–H groups in total. The number of rotatable bonds is 6. The van der Waals surface area contributed by atoms with E-state index in [2.05, 4.69) is 10.6 Å². The largest absolute Gasteiger partial charge is 0.481 e. The average Bonchev–Trinajstić information content (AvgIpc) is 2.27. The average molecular weight is 285 g/mol. The number of carboxylic acids is 1. The van der Waals surface area contributed by atoms with Gasteiger partial charge in [0.25, 0.3) is 0 Å². The second-order valence-electron chi connectivity index (χ2n) is 4.19. The van der Waals surface area contributed by atoms with Crippen molar-refractivity contribution in [2.24, 2.45) is 0 Å². The number of hydrogen-bond donors (Lipinski definition) is 3. The van der Waals surface area contributed by atoms with E-state index in [4.69, 9.17) is 16.7 Å². The summed E-state index contributed by atoms with van der Waals surface area (Å²) in [6, 6.07) is 5.95. The van der Waals surface area contributed by atoms with Gasteiger partial charge in [-0.2, -0.15) is 0 Å². The minimum absolute atomic E-state index is 0.0865. The van der Waals surface area contributed by atoms with Crippen molar-refractivity contribution in [3.8, 4) is 0 Å². The zero-order valence-corrected chi connectivity index (χ0v) is 11.4. The number of carboxylic acid groups (broad SMARTS) is 1. The number of carbonyl (C=O) groups excluding carboxylic acids is 1. The van der Waals surface area contributed by atoms with E-state index in [1.165, 1.54) is 0 Å². The Kier molecular flexibility index (Phi) is 6.15. The van der Waals surface area contributed by atoms with Crippen LogP contribution < -0.4 is 10.6 Å². The lowest BCUT2D eigenvalue weighted by atomic mass is 10.1. The van der Waals surface area contributed by atoms with Gasteiger partial charge in [-0.3, -0.25) is 4.79 Å². The van der Waals surface area contributed by atoms with Crippen LogP contribution in [0.15, 0.2) is 24.3 Å². The summed E-state index contributed by atoms with van der Waals surface area (Å²) in [5, 5.41) is 14.5. The number of nitrogens with one attached hydrogen (secondary N) is 2. The van der Waals surface area contributed by atoms with Crippen LogP contribution in [0.4, 0.5) is 10.5 Å². The molecule has 0 heterocycles. The van der Waals surface area contributed by atoms with Gasteiger partial charge in [0.15, 0.2) is 0 Å². The predicted molar refractivity (Wildman–Crippen MR) is 74.6 cm³/mol. The van der Waals surface area contributed by atoms with Gasteiger partial charge < -0.3 is 15.7 Å². The van der Waals surface area contributed by atoms with Crippen LogP contribution >= 0.6 is 11.6 Å². The van der Waals surface area contributed by atoms with Gasteiger partial charge in [-0.25, -0.2) is 4.79 Å². The molecule has 19 heavy (non-hydrogen) atoms. The summed E-state index contributed by atoms with van der Waals surface area (Å²) in [4.78, 5) is 22.4. The van der Waals surface area contributed by atoms with Crippen LogP contribution in [0.1, 0.15) is 26.2 Å². The molecule has 0 fully saturated rings. The highest BCUT2D eigenvalue weighted by Gasteiger charge is 2.15. The zero-order chi connectivity index (χ0) is 14.3. The SMILES string of the molecule is CCCC(CC(=O)O)NC(=O)Nc1cccc(Cl)c1. The first kappa shape index (κ1) is 15.3. The molecule has 0 spiro atoms. The zero-order valence-electron chi connectivity index (χ0n) is 10.6. The van der Waals surface area contributed by atoms with Gasteiger partial charge in [0.2, 0.25) is 0 Å². The lowest BCUT2D eigenvalue weighted by Crippen LogP contribution is -2.39. The quantitative estimate of drug-likeness (QED) is 0.751. The van der Waals surface area contributed by atoms with Crippen LogP contribution in [-0.4, -0.2) is 23.1 Å². The Morgan fingerprint density at radius 1 is 1.42 bits per heavy atom. The van der Waals surface area contributed by atoms with Gasteiger partial charge >= 0.3 is 12.0 Å². The third kappa shape index (κ3) is 6.10. The summed E-state index contributed by atoms with van der Waals surface area (Å²) in [7, 11) is 0. The molecule has 1 atom stereocenters. The highest BCUT2D eigenvalue weighted by molar-refractivity contribution is 6.30. The molecule has 1 aromatic rings. The fraction of sp³-hybridized carbons (Fsp3) is 0.385. The number of amides is 2. The number of aliphatic carboxylic acids is 1. The van der Waals surface area contributed by atoms with E-state index in [9.17, 15) is 9.59 Å². The molecule has 6 heteroatoms. The van der Waals surface area contributed by atoms with E-state index in [1.807, 2.05) is 6.92 Å². The Morgan fingerprint density at radius 2 is 2.16 bits per heavy atom. The Labute approximate surface area is 117 Å². The summed E-state index contributed by atoms with van der Waals surface area (Å²) in [6.45, 7) is 1.94. The molecule has 0 aliphatic heterocycles. The van der Waals surface area contributed by atoms with Gasteiger partial charge in [0.1, 0.15) is 0 Å². The van der Waals surface area contributed by atoms with Crippen molar-refractivity contribution in [2.75, 3.05) is 5.32 Å². The van der Waals surface area contributed by atoms with Crippen molar-refractivity contribution in [1.29, 1.82) is 0 Å². The lowest BCUT2D eigenvalue weighted by molar-refractivity contribution is -0.137. The maximum absolute atomic E-state index is 11.7. The summed E-state index contributed by atoms with van der Waals surface area (Å²) in [5.41, 5.74) is 0.565. The molecule has 1 rings (SSSR count). The van der Waals surface area contributed by atoms with E-state index in [1.54, 1.807) is 24.3 Å². The molecule has 2 amide bonds. The monoisotopic (exact) mass is 284 g/mol. The third-order valence-corrected chi connectivity index (χ3v) is 2.71. The highest BCUT2D eigenvalue weighted by atomic mass is 35.5. The molecule has 0 saturated heterocycles. The van der Waals surface area contributed by atoms with Crippen LogP contribution in [-0.2, 0) is 4.79 Å². The normalized spacial score (nSPS) is 11.7. The van der Waals surface area contributed by atoms with Gasteiger partial charge in [0, 0.05) is 16.8 Å². The van der Waals surface area contributed by atoms with E-state index in [0.717, 1.165) is 6.42 Å². The molecule has 0 bridgehead atoms. The van der Waals surface area contributed by atoms with E-state index in [0.29, 0.717) is 17.1 Å². The number of carbonyl (C=O) groups is 2. The third-order valence-electron chi connectivity index (χ3n) is 2.48. The smallest absolute Gasteiger partial charge is 0.319 e. The summed E-state index contributed by atoms with van der Waals surface area (Å²) >= 11 is 5.80. The fourth-order valence-electron chi connectivity index (χ4n) is 1.70. The minimum atomic E-state index is -0.929. The van der Waals surface area contributed by atoms with Crippen molar-refractivity contribution in [1.82, 2.24) is 5.32 Å². The second-order valence-corrected chi connectivity index (χ2v) is 4.63. The highest BCUT2D eigenvalue weighted by Crippen LogP contribution is 2.14. The molecule has 0 radical (unpaired) electrons. The van der Waals surface area contributed by atoms with Crippen molar-refractivity contribution in [2.45, 2.75) is 32.2 Å². The van der Waals surface area contributed by atoms with Crippen molar-refractivity contribution in [3.63, 3.8) is 0 Å². The first-order valence-electron chi connectivity index (χ1n) is 6.06. The molecule has 1 aromatic carbocycles. The minimum Gasteiger partial charge on any atom is -0.481 e. The summed E-state index contributed by atoms with van der Waals surface area (Å²) in [6.07, 6.45) is 1.33. The first-order valence-corrected chi connectivity index (χ1v) is 6.44. The Hall–Kier alpha value is -1.75. The number of urea groups is 1. The molecule has 0 aliphatic rings. The van der Waals surface area contributed by atoms with Crippen molar-refractivity contribution in [3.05, 3.63) is 29.3 Å². The topological polar surface area (TPSA) is 78.4 Å². The Morgan fingerprint density at radius 3 is 2.74 bits per heavy atom. The molecular formula is C13H17ClN2O3. The van der Waals surface area contributed by atoms with Gasteiger partial charge in [-0.15, -0.1) is 0 Å². The van der Waals surface area contributed by atoms with Crippen LogP contribution in [0.5, 0.6) is 0 Å². The maximum Gasteiger partial charge on any atom is 0.319 e. The molecule has 0 saturated carbocycles. The number of hydrogen-bond acceptors (Lipinski definition) is 2. The van der Waals surface area contributed by atoms with Gasteiger partial charge in [-0.1, -0.05) is 31.0 Å². The molecule has 0 aromatic heterocycles. The van der Waals surface area contributed by atoms with Crippen LogP contribution in [0.25, 0.3) is 0 Å². The van der Waals surface area contributed by atoms with E-state index in [-0.39, 0.29) is 12.5 Å². The summed E-state index contributed by atoms with van der Waals surface area (Å²) < 4.78 is 0. The van der Waals surface area contributed by atoms with Crippen molar-refractivity contribution >= 4 is 29.3 Å².